The van der Waals surface area contributed by atoms with E-state index in [0.29, 0.717) is 0 Å². The Morgan fingerprint density at radius 3 is 2.25 bits per heavy atom. The van der Waals surface area contributed by atoms with Crippen molar-refractivity contribution in [3.05, 3.63) is 11.9 Å². The Bertz CT molecular complexity index is 263. The molecule has 0 amide bonds. The maximum Gasteiger partial charge on any atom is 0.323 e. The maximum atomic E-state index is 12.4. The van der Waals surface area contributed by atoms with E-state index in [1.165, 1.54) is 7.11 Å². The first-order chi connectivity index (χ1) is 7.40. The standard InChI is InChI=1S/C10H16F3NO2/c1-6(2)8(10(15)16-3)14-5-4-7(11)9(12)13/h6,8,14H,4-5H2,1-3H3. The number of hydrogen-bond donors (Lipinski definition) is 1. The first-order valence-electron chi connectivity index (χ1n) is 4.91. The predicted molar refractivity (Wildman–Crippen MR) is 53.6 cm³/mol. The highest BCUT2D eigenvalue weighted by atomic mass is 19.3. The molecule has 0 heterocycles. The minimum atomic E-state index is -2.32. The molecule has 0 aliphatic carbocycles. The highest BCUT2D eigenvalue weighted by Gasteiger charge is 2.22. The summed E-state index contributed by atoms with van der Waals surface area (Å²) >= 11 is 0. The lowest BCUT2D eigenvalue weighted by molar-refractivity contribution is -0.144. The van der Waals surface area contributed by atoms with E-state index < -0.39 is 30.3 Å². The van der Waals surface area contributed by atoms with Gasteiger partial charge in [0.05, 0.1) is 7.11 Å². The Labute approximate surface area is 92.7 Å². The monoisotopic (exact) mass is 239 g/mol. The van der Waals surface area contributed by atoms with Crippen molar-refractivity contribution in [3.63, 3.8) is 0 Å². The number of hydrogen-bond acceptors (Lipinski definition) is 3. The molecule has 0 spiro atoms. The molecule has 0 saturated carbocycles. The second-order valence-electron chi connectivity index (χ2n) is 3.61. The van der Waals surface area contributed by atoms with E-state index in [2.05, 4.69) is 10.1 Å². The van der Waals surface area contributed by atoms with E-state index >= 15 is 0 Å². The largest absolute Gasteiger partial charge is 0.468 e. The Balaban J connectivity index is 4.15. The summed E-state index contributed by atoms with van der Waals surface area (Å²) in [6.45, 7) is 3.51. The normalized spacial score (nSPS) is 12.4. The van der Waals surface area contributed by atoms with Crippen molar-refractivity contribution < 1.29 is 22.7 Å². The molecule has 0 aliphatic rings. The predicted octanol–water partition coefficient (Wildman–Crippen LogP) is 2.24. The molecule has 3 nitrogen and oxygen atoms in total. The lowest BCUT2D eigenvalue weighted by atomic mass is 10.0. The SMILES string of the molecule is COC(=O)C(NCCC(F)=C(F)F)C(C)C. The van der Waals surface area contributed by atoms with Crippen LogP contribution in [0.4, 0.5) is 13.2 Å². The van der Waals surface area contributed by atoms with Gasteiger partial charge in [-0.1, -0.05) is 13.8 Å². The molecule has 16 heavy (non-hydrogen) atoms. The van der Waals surface area contributed by atoms with Crippen molar-refractivity contribution in [2.75, 3.05) is 13.7 Å². The molecule has 0 fully saturated rings. The van der Waals surface area contributed by atoms with Gasteiger partial charge < -0.3 is 10.1 Å². The van der Waals surface area contributed by atoms with Crippen molar-refractivity contribution in [3.8, 4) is 0 Å². The van der Waals surface area contributed by atoms with Crippen molar-refractivity contribution >= 4 is 5.97 Å². The highest BCUT2D eigenvalue weighted by molar-refractivity contribution is 5.75. The fourth-order valence-corrected chi connectivity index (χ4v) is 1.15. The molecule has 0 saturated heterocycles. The van der Waals surface area contributed by atoms with Crippen LogP contribution in [0.1, 0.15) is 20.3 Å². The molecule has 0 radical (unpaired) electrons. The van der Waals surface area contributed by atoms with Gasteiger partial charge in [0.15, 0.2) is 5.83 Å². The molecule has 0 aromatic rings. The van der Waals surface area contributed by atoms with Crippen LogP contribution in [0.2, 0.25) is 0 Å². The summed E-state index contributed by atoms with van der Waals surface area (Å²) < 4.78 is 40.4. The van der Waals surface area contributed by atoms with Crippen molar-refractivity contribution in [2.24, 2.45) is 5.92 Å². The Morgan fingerprint density at radius 2 is 1.88 bits per heavy atom. The van der Waals surface area contributed by atoms with Crippen LogP contribution in [0.15, 0.2) is 11.9 Å². The number of carbonyl (C=O) groups is 1. The average Bonchev–Trinajstić information content (AvgIpc) is 2.22. The first kappa shape index (κ1) is 15.0. The Kier molecular flexibility index (Phi) is 6.80. The fraction of sp³-hybridized carbons (Fsp3) is 0.700. The molecule has 0 aliphatic heterocycles. The number of esters is 1. The fourth-order valence-electron chi connectivity index (χ4n) is 1.15. The van der Waals surface area contributed by atoms with E-state index in [1.54, 1.807) is 13.8 Å². The molecule has 0 aromatic carbocycles. The molecule has 1 atom stereocenters. The third-order valence-electron chi connectivity index (χ3n) is 2.04. The van der Waals surface area contributed by atoms with E-state index in [-0.39, 0.29) is 12.5 Å². The van der Waals surface area contributed by atoms with Gasteiger partial charge in [0.1, 0.15) is 6.04 Å². The zero-order valence-electron chi connectivity index (χ0n) is 9.52. The van der Waals surface area contributed by atoms with E-state index in [0.717, 1.165) is 0 Å². The third kappa shape index (κ3) is 5.16. The van der Waals surface area contributed by atoms with Gasteiger partial charge >= 0.3 is 12.0 Å². The molecular weight excluding hydrogens is 223 g/mol. The second-order valence-corrected chi connectivity index (χ2v) is 3.61. The van der Waals surface area contributed by atoms with Gasteiger partial charge in [0.25, 0.3) is 0 Å². The number of nitrogens with one attached hydrogen (secondary N) is 1. The van der Waals surface area contributed by atoms with E-state index in [1.807, 2.05) is 0 Å². The first-order valence-corrected chi connectivity index (χ1v) is 4.91. The minimum Gasteiger partial charge on any atom is -0.468 e. The highest BCUT2D eigenvalue weighted by Crippen LogP contribution is 2.12. The molecule has 94 valence electrons. The zero-order chi connectivity index (χ0) is 12.7. The van der Waals surface area contributed by atoms with Gasteiger partial charge in [-0.15, -0.1) is 0 Å². The summed E-state index contributed by atoms with van der Waals surface area (Å²) in [6, 6.07) is -0.611. The quantitative estimate of drug-likeness (QED) is 0.722. The molecule has 0 bridgehead atoms. The van der Waals surface area contributed by atoms with Gasteiger partial charge in [0.2, 0.25) is 0 Å². The number of rotatable bonds is 6. The number of ether oxygens (including phenoxy) is 1. The van der Waals surface area contributed by atoms with Gasteiger partial charge in [0, 0.05) is 13.0 Å². The average molecular weight is 239 g/mol. The summed E-state index contributed by atoms with van der Waals surface area (Å²) in [5.41, 5.74) is 0. The van der Waals surface area contributed by atoms with E-state index in [9.17, 15) is 18.0 Å². The van der Waals surface area contributed by atoms with Gasteiger partial charge in [-0.05, 0) is 5.92 Å². The molecule has 0 rings (SSSR count). The van der Waals surface area contributed by atoms with Gasteiger partial charge in [-0.2, -0.15) is 8.78 Å². The van der Waals surface area contributed by atoms with Gasteiger partial charge in [-0.3, -0.25) is 4.79 Å². The summed E-state index contributed by atoms with van der Waals surface area (Å²) in [6.07, 6.45) is -2.76. The van der Waals surface area contributed by atoms with Crippen molar-refractivity contribution in [1.29, 1.82) is 0 Å². The van der Waals surface area contributed by atoms with Gasteiger partial charge in [-0.25, -0.2) is 4.39 Å². The summed E-state index contributed by atoms with van der Waals surface area (Å²) in [5.74, 6) is -2.00. The van der Waals surface area contributed by atoms with Crippen LogP contribution in [0, 0.1) is 5.92 Å². The van der Waals surface area contributed by atoms with Crippen LogP contribution < -0.4 is 5.32 Å². The number of carbonyl (C=O) groups excluding carboxylic acids is 1. The van der Waals surface area contributed by atoms with Crippen LogP contribution in [-0.4, -0.2) is 25.7 Å². The second kappa shape index (κ2) is 7.27. The van der Waals surface area contributed by atoms with Crippen LogP contribution in [-0.2, 0) is 9.53 Å². The van der Waals surface area contributed by atoms with Crippen LogP contribution in [0.3, 0.4) is 0 Å². The van der Waals surface area contributed by atoms with Crippen LogP contribution >= 0.6 is 0 Å². The summed E-state index contributed by atoms with van der Waals surface area (Å²) in [5, 5.41) is 2.67. The van der Waals surface area contributed by atoms with Crippen LogP contribution in [0.25, 0.3) is 0 Å². The number of methoxy groups -OCH3 is 1. The lowest BCUT2D eigenvalue weighted by Gasteiger charge is -2.19. The topological polar surface area (TPSA) is 38.3 Å². The minimum absolute atomic E-state index is 0.0406. The van der Waals surface area contributed by atoms with Crippen molar-refractivity contribution in [2.45, 2.75) is 26.3 Å². The Morgan fingerprint density at radius 1 is 1.31 bits per heavy atom. The molecule has 6 heteroatoms. The molecule has 0 aromatic heterocycles. The van der Waals surface area contributed by atoms with Crippen molar-refractivity contribution in [1.82, 2.24) is 5.32 Å². The summed E-state index contributed by atoms with van der Waals surface area (Å²) in [4.78, 5) is 11.2. The van der Waals surface area contributed by atoms with E-state index in [4.69, 9.17) is 0 Å². The maximum absolute atomic E-state index is 12.4. The molecule has 1 unspecified atom stereocenters. The van der Waals surface area contributed by atoms with Crippen LogP contribution in [0.5, 0.6) is 0 Å². The number of halogens is 3. The third-order valence-corrected chi connectivity index (χ3v) is 2.04. The smallest absolute Gasteiger partial charge is 0.323 e. The lowest BCUT2D eigenvalue weighted by Crippen LogP contribution is -2.42. The molecule has 1 N–H and O–H groups in total. The summed E-state index contributed by atoms with van der Waals surface area (Å²) in [7, 11) is 1.24. The Hall–Kier alpha value is -1.04. The molecular formula is C10H16F3NO2. The zero-order valence-corrected chi connectivity index (χ0v) is 9.52.